The number of rotatable bonds is 6. The Morgan fingerprint density at radius 1 is 1.06 bits per heavy atom. The van der Waals surface area contributed by atoms with Gasteiger partial charge in [0.05, 0.1) is 17.6 Å². The van der Waals surface area contributed by atoms with Crippen LogP contribution in [0.25, 0.3) is 11.0 Å². The van der Waals surface area contributed by atoms with Gasteiger partial charge in [-0.2, -0.15) is 0 Å². The summed E-state index contributed by atoms with van der Waals surface area (Å²) in [6.07, 6.45) is 1.94. The molecule has 0 saturated heterocycles. The normalized spacial score (nSPS) is 10.9. The quantitative estimate of drug-likeness (QED) is 0.493. The predicted molar refractivity (Wildman–Crippen MR) is 122 cm³/mol. The van der Waals surface area contributed by atoms with Crippen molar-refractivity contribution in [2.75, 3.05) is 10.2 Å². The van der Waals surface area contributed by atoms with E-state index < -0.39 is 0 Å². The molecule has 2 amide bonds. The number of amides is 2. The van der Waals surface area contributed by atoms with Crippen LogP contribution in [-0.2, 0) is 29.7 Å². The van der Waals surface area contributed by atoms with E-state index in [0.29, 0.717) is 12.2 Å². The van der Waals surface area contributed by atoms with Crippen LogP contribution in [0.15, 0.2) is 66.9 Å². The maximum Gasteiger partial charge on any atom is 0.247 e. The number of carbonyl (C=O) groups is 2. The lowest BCUT2D eigenvalue weighted by molar-refractivity contribution is -0.119. The second kappa shape index (κ2) is 8.65. The van der Waals surface area contributed by atoms with Crippen LogP contribution in [0.3, 0.4) is 0 Å². The molecule has 0 aliphatic rings. The summed E-state index contributed by atoms with van der Waals surface area (Å²) in [7, 11) is 1.94. The van der Waals surface area contributed by atoms with Gasteiger partial charge < -0.3 is 19.4 Å². The number of fused-ring (bicyclic) bond motifs is 1. The molecule has 8 heteroatoms. The molecular formula is C23H22ClN5O2. The number of benzene rings is 2. The summed E-state index contributed by atoms with van der Waals surface area (Å²) >= 11 is 6.34. The Labute approximate surface area is 184 Å². The van der Waals surface area contributed by atoms with Crippen molar-refractivity contribution in [3.63, 3.8) is 0 Å². The fourth-order valence-corrected chi connectivity index (χ4v) is 3.73. The average molecular weight is 436 g/mol. The van der Waals surface area contributed by atoms with Crippen LogP contribution in [0.2, 0.25) is 5.28 Å². The van der Waals surface area contributed by atoms with E-state index in [0.717, 1.165) is 22.4 Å². The van der Waals surface area contributed by atoms with Crippen molar-refractivity contribution in [1.82, 2.24) is 14.1 Å². The summed E-state index contributed by atoms with van der Waals surface area (Å²) in [6.45, 7) is 1.90. The topological polar surface area (TPSA) is 72.2 Å². The van der Waals surface area contributed by atoms with Gasteiger partial charge in [0.15, 0.2) is 0 Å². The highest BCUT2D eigenvalue weighted by molar-refractivity contribution is 6.29. The summed E-state index contributed by atoms with van der Waals surface area (Å²) in [5.74, 6) is -0.273. The number of halogens is 1. The van der Waals surface area contributed by atoms with Crippen LogP contribution in [0, 0.1) is 0 Å². The molecule has 2 aromatic heterocycles. The van der Waals surface area contributed by atoms with E-state index in [-0.39, 0.29) is 23.6 Å². The van der Waals surface area contributed by atoms with Crippen molar-refractivity contribution < 1.29 is 9.59 Å². The number of carbonyl (C=O) groups excluding carboxylic acids is 2. The second-order valence-corrected chi connectivity index (χ2v) is 7.61. The van der Waals surface area contributed by atoms with Crippen LogP contribution < -0.4 is 10.2 Å². The maximum atomic E-state index is 13.4. The highest BCUT2D eigenvalue weighted by atomic mass is 35.5. The van der Waals surface area contributed by atoms with E-state index >= 15 is 0 Å². The fourth-order valence-electron chi connectivity index (χ4n) is 3.49. The second-order valence-electron chi connectivity index (χ2n) is 7.27. The molecule has 4 aromatic rings. The van der Waals surface area contributed by atoms with Gasteiger partial charge in [-0.15, -0.1) is 0 Å². The Morgan fingerprint density at radius 2 is 1.81 bits per heavy atom. The first kappa shape index (κ1) is 20.7. The van der Waals surface area contributed by atoms with Gasteiger partial charge in [-0.3, -0.25) is 9.59 Å². The molecule has 31 heavy (non-hydrogen) atoms. The lowest BCUT2D eigenvalue weighted by atomic mass is 10.2. The summed E-state index contributed by atoms with van der Waals surface area (Å²) in [5, 5.41) is 3.02. The monoisotopic (exact) mass is 435 g/mol. The van der Waals surface area contributed by atoms with Gasteiger partial charge in [-0.25, -0.2) is 4.98 Å². The van der Waals surface area contributed by atoms with Gasteiger partial charge in [0, 0.05) is 37.2 Å². The first-order chi connectivity index (χ1) is 14.9. The van der Waals surface area contributed by atoms with Crippen molar-refractivity contribution >= 4 is 45.8 Å². The van der Waals surface area contributed by atoms with E-state index in [1.165, 1.54) is 6.92 Å². The van der Waals surface area contributed by atoms with Crippen molar-refractivity contribution in [1.29, 1.82) is 0 Å². The maximum absolute atomic E-state index is 13.4. The third kappa shape index (κ3) is 4.46. The highest BCUT2D eigenvalue weighted by Gasteiger charge is 2.20. The van der Waals surface area contributed by atoms with Gasteiger partial charge in [-0.05, 0) is 60.1 Å². The molecule has 2 heterocycles. The van der Waals surface area contributed by atoms with Gasteiger partial charge in [-0.1, -0.05) is 12.1 Å². The van der Waals surface area contributed by atoms with Gasteiger partial charge >= 0.3 is 0 Å². The van der Waals surface area contributed by atoms with Gasteiger partial charge in [0.2, 0.25) is 17.1 Å². The molecule has 2 aromatic carbocycles. The Morgan fingerprint density at radius 3 is 2.48 bits per heavy atom. The number of para-hydroxylation sites is 2. The third-order valence-electron chi connectivity index (χ3n) is 5.07. The van der Waals surface area contributed by atoms with E-state index in [9.17, 15) is 9.59 Å². The van der Waals surface area contributed by atoms with E-state index in [2.05, 4.69) is 10.3 Å². The van der Waals surface area contributed by atoms with Crippen LogP contribution >= 0.6 is 11.6 Å². The van der Waals surface area contributed by atoms with Crippen molar-refractivity contribution in [2.24, 2.45) is 7.05 Å². The molecule has 0 aliphatic heterocycles. The van der Waals surface area contributed by atoms with Crippen LogP contribution in [0.4, 0.5) is 11.4 Å². The highest BCUT2D eigenvalue weighted by Crippen LogP contribution is 2.24. The fraction of sp³-hybridized carbons (Fsp3) is 0.174. The van der Waals surface area contributed by atoms with Gasteiger partial charge in [0.1, 0.15) is 6.54 Å². The molecule has 4 rings (SSSR count). The summed E-state index contributed by atoms with van der Waals surface area (Å²) in [5.41, 5.74) is 3.93. The number of aromatic nitrogens is 3. The average Bonchev–Trinajstić information content (AvgIpc) is 3.29. The molecule has 0 fully saturated rings. The van der Waals surface area contributed by atoms with Crippen LogP contribution in [0.5, 0.6) is 0 Å². The Balaban J connectivity index is 1.66. The number of hydrogen-bond donors (Lipinski definition) is 1. The van der Waals surface area contributed by atoms with Crippen LogP contribution in [-0.4, -0.2) is 25.9 Å². The number of nitrogens with zero attached hydrogens (tertiary/aromatic N) is 4. The number of imidazole rings is 1. The third-order valence-corrected chi connectivity index (χ3v) is 5.36. The molecule has 7 nitrogen and oxygen atoms in total. The number of anilines is 2. The minimum Gasteiger partial charge on any atom is -0.353 e. The van der Waals surface area contributed by atoms with E-state index in [1.54, 1.807) is 21.6 Å². The molecule has 158 valence electrons. The largest absolute Gasteiger partial charge is 0.353 e. The zero-order valence-corrected chi connectivity index (χ0v) is 18.0. The predicted octanol–water partition coefficient (Wildman–Crippen LogP) is 4.22. The summed E-state index contributed by atoms with van der Waals surface area (Å²) in [4.78, 5) is 30.8. The van der Waals surface area contributed by atoms with E-state index in [4.69, 9.17) is 11.6 Å². The lowest BCUT2D eigenvalue weighted by Gasteiger charge is -2.24. The smallest absolute Gasteiger partial charge is 0.247 e. The number of hydrogen-bond acceptors (Lipinski definition) is 3. The van der Waals surface area contributed by atoms with E-state index in [1.807, 2.05) is 66.3 Å². The molecule has 0 radical (unpaired) electrons. The molecular weight excluding hydrogens is 414 g/mol. The standard InChI is InChI=1S/C23H22ClN5O2/c1-16(30)25-17-9-11-18(12-10-17)28(14-19-6-5-13-27(19)2)22(31)15-29-21-8-4-3-7-20(21)26-23(29)24/h3-13H,14-15H2,1-2H3,(H,25,30). The minimum absolute atomic E-state index is 0.0528. The van der Waals surface area contributed by atoms with Gasteiger partial charge in [0.25, 0.3) is 0 Å². The lowest BCUT2D eigenvalue weighted by Crippen LogP contribution is -2.34. The van der Waals surface area contributed by atoms with Crippen molar-refractivity contribution in [3.05, 3.63) is 77.8 Å². The Kier molecular flexibility index (Phi) is 5.77. The summed E-state index contributed by atoms with van der Waals surface area (Å²) < 4.78 is 3.69. The van der Waals surface area contributed by atoms with Crippen LogP contribution in [0.1, 0.15) is 12.6 Å². The first-order valence-electron chi connectivity index (χ1n) is 9.81. The number of nitrogens with one attached hydrogen (secondary N) is 1. The zero-order chi connectivity index (χ0) is 22.0. The minimum atomic E-state index is -0.147. The molecule has 0 spiro atoms. The van der Waals surface area contributed by atoms with Crippen molar-refractivity contribution in [3.8, 4) is 0 Å². The first-order valence-corrected chi connectivity index (χ1v) is 10.2. The molecule has 0 saturated carbocycles. The molecule has 0 atom stereocenters. The molecule has 1 N–H and O–H groups in total. The molecule has 0 aliphatic carbocycles. The SMILES string of the molecule is CC(=O)Nc1ccc(N(Cc2cccn2C)C(=O)Cn2c(Cl)nc3ccccc32)cc1. The summed E-state index contributed by atoms with van der Waals surface area (Å²) in [6, 6.07) is 18.7. The number of aryl methyl sites for hydroxylation is 1. The molecule has 0 unspecified atom stereocenters. The Bertz CT molecular complexity index is 1240. The van der Waals surface area contributed by atoms with Crippen molar-refractivity contribution in [2.45, 2.75) is 20.0 Å². The zero-order valence-electron chi connectivity index (χ0n) is 17.2. The Hall–Kier alpha value is -3.58. The molecule has 0 bridgehead atoms.